The van der Waals surface area contributed by atoms with Gasteiger partial charge in [0.25, 0.3) is 5.91 Å². The Morgan fingerprint density at radius 3 is 2.75 bits per heavy atom. The van der Waals surface area contributed by atoms with Crippen molar-refractivity contribution in [3.05, 3.63) is 48.1 Å². The first kappa shape index (κ1) is 14.5. The Bertz CT molecular complexity index is 690. The van der Waals surface area contributed by atoms with Crippen LogP contribution in [0.3, 0.4) is 0 Å². The number of hydrogen-bond donors (Lipinski definition) is 1. The summed E-state index contributed by atoms with van der Waals surface area (Å²) in [5, 5.41) is 5.12. The van der Waals surface area contributed by atoms with E-state index in [4.69, 9.17) is 5.14 Å². The summed E-state index contributed by atoms with van der Waals surface area (Å²) in [6, 6.07) is 4.63. The number of sulfonamides is 1. The van der Waals surface area contributed by atoms with E-state index in [0.717, 1.165) is 5.56 Å². The number of rotatable bonds is 3. The molecule has 0 bridgehead atoms. The van der Waals surface area contributed by atoms with Gasteiger partial charge in [-0.2, -0.15) is 0 Å². The summed E-state index contributed by atoms with van der Waals surface area (Å²) < 4.78 is 22.7. The SMILES string of the molecule is C/C=C/C=C/C(=O)N1CCc2ccc(S(N)(=O)=O)cc21. The van der Waals surface area contributed by atoms with E-state index in [2.05, 4.69) is 0 Å². The first-order valence-corrected chi connectivity index (χ1v) is 7.74. The number of hydrogen-bond acceptors (Lipinski definition) is 3. The zero-order valence-electron chi connectivity index (χ0n) is 11.1. The fourth-order valence-electron chi connectivity index (χ4n) is 2.10. The molecule has 0 radical (unpaired) electrons. The van der Waals surface area contributed by atoms with Crippen molar-refractivity contribution in [1.29, 1.82) is 0 Å². The van der Waals surface area contributed by atoms with Crippen LogP contribution in [0, 0.1) is 0 Å². The van der Waals surface area contributed by atoms with Crippen LogP contribution in [-0.4, -0.2) is 20.9 Å². The van der Waals surface area contributed by atoms with Crippen molar-refractivity contribution < 1.29 is 13.2 Å². The molecule has 2 N–H and O–H groups in total. The Morgan fingerprint density at radius 2 is 2.10 bits per heavy atom. The third kappa shape index (κ3) is 2.97. The third-order valence-corrected chi connectivity index (χ3v) is 4.00. The summed E-state index contributed by atoms with van der Waals surface area (Å²) in [5.74, 6) is -0.173. The van der Waals surface area contributed by atoms with Crippen molar-refractivity contribution in [2.75, 3.05) is 11.4 Å². The van der Waals surface area contributed by atoms with Crippen molar-refractivity contribution in [3.63, 3.8) is 0 Å². The summed E-state index contributed by atoms with van der Waals surface area (Å²) >= 11 is 0. The molecule has 0 aromatic heterocycles. The van der Waals surface area contributed by atoms with Gasteiger partial charge in [0.15, 0.2) is 0 Å². The molecule has 0 spiro atoms. The van der Waals surface area contributed by atoms with Crippen molar-refractivity contribution >= 4 is 21.6 Å². The van der Waals surface area contributed by atoms with E-state index in [9.17, 15) is 13.2 Å². The molecule has 1 heterocycles. The molecule has 0 unspecified atom stereocenters. The number of allylic oxidation sites excluding steroid dienone is 3. The third-order valence-electron chi connectivity index (χ3n) is 3.09. The Labute approximate surface area is 118 Å². The fourth-order valence-corrected chi connectivity index (χ4v) is 2.64. The smallest absolute Gasteiger partial charge is 0.250 e. The van der Waals surface area contributed by atoms with E-state index in [1.165, 1.54) is 18.2 Å². The Balaban J connectivity index is 2.34. The molecular formula is C14H16N2O3S. The Morgan fingerprint density at radius 1 is 1.35 bits per heavy atom. The molecule has 1 aromatic carbocycles. The maximum atomic E-state index is 12.1. The molecular weight excluding hydrogens is 276 g/mol. The molecule has 0 saturated heterocycles. The second-order valence-electron chi connectivity index (χ2n) is 4.46. The minimum atomic E-state index is -3.76. The van der Waals surface area contributed by atoms with Gasteiger partial charge < -0.3 is 4.90 Å². The molecule has 106 valence electrons. The minimum Gasteiger partial charge on any atom is -0.308 e. The average molecular weight is 292 g/mol. The van der Waals surface area contributed by atoms with E-state index in [0.29, 0.717) is 18.7 Å². The summed E-state index contributed by atoms with van der Waals surface area (Å²) in [4.78, 5) is 13.6. The number of carbonyl (C=O) groups is 1. The van der Waals surface area contributed by atoms with Gasteiger partial charge in [0.05, 0.1) is 4.90 Å². The van der Waals surface area contributed by atoms with Crippen molar-refractivity contribution in [2.24, 2.45) is 5.14 Å². The molecule has 0 aliphatic carbocycles. The molecule has 2 rings (SSSR count). The van der Waals surface area contributed by atoms with Gasteiger partial charge in [-0.25, -0.2) is 13.6 Å². The molecule has 1 aliphatic heterocycles. The lowest BCUT2D eigenvalue weighted by Gasteiger charge is -2.15. The fraction of sp³-hybridized carbons (Fsp3) is 0.214. The second-order valence-corrected chi connectivity index (χ2v) is 6.02. The lowest BCUT2D eigenvalue weighted by Crippen LogP contribution is -2.27. The highest BCUT2D eigenvalue weighted by Crippen LogP contribution is 2.30. The number of fused-ring (bicyclic) bond motifs is 1. The van der Waals surface area contributed by atoms with Gasteiger partial charge in [-0.1, -0.05) is 24.3 Å². The molecule has 0 fully saturated rings. The van der Waals surface area contributed by atoms with Crippen LogP contribution in [0.5, 0.6) is 0 Å². The molecule has 6 heteroatoms. The number of amides is 1. The Hall–Kier alpha value is -1.92. The highest BCUT2D eigenvalue weighted by atomic mass is 32.2. The van der Waals surface area contributed by atoms with Crippen LogP contribution < -0.4 is 10.0 Å². The van der Waals surface area contributed by atoms with E-state index in [1.54, 1.807) is 23.1 Å². The first-order valence-electron chi connectivity index (χ1n) is 6.20. The highest BCUT2D eigenvalue weighted by Gasteiger charge is 2.24. The van der Waals surface area contributed by atoms with Gasteiger partial charge in [0.2, 0.25) is 10.0 Å². The monoisotopic (exact) mass is 292 g/mol. The maximum Gasteiger partial charge on any atom is 0.250 e. The summed E-state index contributed by atoms with van der Waals surface area (Å²) in [6.45, 7) is 2.40. The van der Waals surface area contributed by atoms with Gasteiger partial charge in [-0.05, 0) is 31.0 Å². The van der Waals surface area contributed by atoms with Gasteiger partial charge in [0.1, 0.15) is 0 Å². The van der Waals surface area contributed by atoms with Crippen LogP contribution in [0.15, 0.2) is 47.4 Å². The van der Waals surface area contributed by atoms with Gasteiger partial charge >= 0.3 is 0 Å². The van der Waals surface area contributed by atoms with Crippen LogP contribution in [0.2, 0.25) is 0 Å². The molecule has 0 saturated carbocycles. The van der Waals surface area contributed by atoms with Gasteiger partial charge in [-0.3, -0.25) is 4.79 Å². The van der Waals surface area contributed by atoms with Crippen molar-refractivity contribution in [3.8, 4) is 0 Å². The number of benzene rings is 1. The molecule has 5 nitrogen and oxygen atoms in total. The average Bonchev–Trinajstić information content (AvgIpc) is 2.80. The van der Waals surface area contributed by atoms with E-state index in [1.807, 2.05) is 13.0 Å². The van der Waals surface area contributed by atoms with E-state index >= 15 is 0 Å². The van der Waals surface area contributed by atoms with Crippen LogP contribution in [0.1, 0.15) is 12.5 Å². The lowest BCUT2D eigenvalue weighted by atomic mass is 10.2. The molecule has 20 heavy (non-hydrogen) atoms. The zero-order chi connectivity index (χ0) is 14.8. The van der Waals surface area contributed by atoms with Crippen LogP contribution in [-0.2, 0) is 21.2 Å². The maximum absolute atomic E-state index is 12.1. The predicted molar refractivity (Wildman–Crippen MR) is 77.8 cm³/mol. The largest absolute Gasteiger partial charge is 0.308 e. The molecule has 1 amide bonds. The number of nitrogens with two attached hydrogens (primary N) is 1. The molecule has 0 atom stereocenters. The lowest BCUT2D eigenvalue weighted by molar-refractivity contribution is -0.114. The van der Waals surface area contributed by atoms with Crippen molar-refractivity contribution in [1.82, 2.24) is 0 Å². The first-order chi connectivity index (χ1) is 9.43. The van der Waals surface area contributed by atoms with Gasteiger partial charge in [0, 0.05) is 18.3 Å². The predicted octanol–water partition coefficient (Wildman–Crippen LogP) is 1.36. The topological polar surface area (TPSA) is 80.5 Å². The summed E-state index contributed by atoms with van der Waals surface area (Å²) in [6.07, 6.45) is 7.41. The highest BCUT2D eigenvalue weighted by molar-refractivity contribution is 7.89. The molecule has 1 aliphatic rings. The molecule has 1 aromatic rings. The van der Waals surface area contributed by atoms with Crippen LogP contribution in [0.4, 0.5) is 5.69 Å². The number of nitrogens with zero attached hydrogens (tertiary/aromatic N) is 1. The quantitative estimate of drug-likeness (QED) is 0.674. The number of primary sulfonamides is 1. The van der Waals surface area contributed by atoms with Crippen LogP contribution >= 0.6 is 0 Å². The van der Waals surface area contributed by atoms with Gasteiger partial charge in [-0.15, -0.1) is 0 Å². The standard InChI is InChI=1S/C14H16N2O3S/c1-2-3-4-5-14(17)16-9-8-11-6-7-12(10-13(11)16)20(15,18)19/h2-7,10H,8-9H2,1H3,(H2,15,18,19)/b3-2+,5-4+. The second kappa shape index (κ2) is 5.60. The summed E-state index contributed by atoms with van der Waals surface area (Å²) in [5.41, 5.74) is 1.57. The van der Waals surface area contributed by atoms with Crippen molar-refractivity contribution in [2.45, 2.75) is 18.2 Å². The zero-order valence-corrected chi connectivity index (χ0v) is 11.9. The van der Waals surface area contributed by atoms with Crippen LogP contribution in [0.25, 0.3) is 0 Å². The number of anilines is 1. The normalized spacial score (nSPS) is 15.2. The summed E-state index contributed by atoms with van der Waals surface area (Å²) in [7, 11) is -3.76. The van der Waals surface area contributed by atoms with E-state index in [-0.39, 0.29) is 10.8 Å². The number of carbonyl (C=O) groups excluding carboxylic acids is 1. The Kier molecular flexibility index (Phi) is 4.06. The van der Waals surface area contributed by atoms with E-state index < -0.39 is 10.0 Å². The minimum absolute atomic E-state index is 0.0217.